The average Bonchev–Trinajstić information content (AvgIpc) is 3.74. The molecular weight excluding hydrogens is 530 g/mol. The lowest BCUT2D eigenvalue weighted by Crippen LogP contribution is -2.46. The molecule has 1 atom stereocenters. The number of anilines is 1. The van der Waals surface area contributed by atoms with Crippen molar-refractivity contribution in [3.05, 3.63) is 65.6 Å². The molecule has 0 saturated carbocycles. The second kappa shape index (κ2) is 12.9. The van der Waals surface area contributed by atoms with Crippen LogP contribution in [0, 0.1) is 6.92 Å². The van der Waals surface area contributed by atoms with Gasteiger partial charge in [-0.15, -0.1) is 0 Å². The number of furan rings is 1. The molecule has 3 aromatic rings. The van der Waals surface area contributed by atoms with Crippen LogP contribution >= 0.6 is 0 Å². The summed E-state index contributed by atoms with van der Waals surface area (Å²) < 4.78 is 33.2. The van der Waals surface area contributed by atoms with Crippen molar-refractivity contribution in [3.8, 4) is 23.0 Å². The van der Waals surface area contributed by atoms with Gasteiger partial charge in [-0.3, -0.25) is 4.79 Å². The molecule has 1 saturated heterocycles. The summed E-state index contributed by atoms with van der Waals surface area (Å²) in [4.78, 5) is 30.6. The summed E-state index contributed by atoms with van der Waals surface area (Å²) in [6.45, 7) is 3.30. The summed E-state index contributed by atoms with van der Waals surface area (Å²) in [7, 11) is 3.08. The van der Waals surface area contributed by atoms with Gasteiger partial charge in [0, 0.05) is 43.6 Å². The fourth-order valence-corrected chi connectivity index (χ4v) is 4.85. The number of nitrogens with zero attached hydrogens (tertiary/aromatic N) is 2. The van der Waals surface area contributed by atoms with Crippen LogP contribution in [0.4, 0.5) is 10.5 Å². The molecule has 3 amide bonds. The Morgan fingerprint density at radius 1 is 0.951 bits per heavy atom. The fourth-order valence-electron chi connectivity index (χ4n) is 4.85. The van der Waals surface area contributed by atoms with Gasteiger partial charge < -0.3 is 43.2 Å². The van der Waals surface area contributed by atoms with Gasteiger partial charge in [0.05, 0.1) is 26.9 Å². The Bertz CT molecular complexity index is 1350. The zero-order valence-corrected chi connectivity index (χ0v) is 23.5. The molecule has 11 heteroatoms. The topological polar surface area (TPSA) is 112 Å². The van der Waals surface area contributed by atoms with Gasteiger partial charge in [0.15, 0.2) is 11.5 Å². The molecule has 1 fully saturated rings. The summed E-state index contributed by atoms with van der Waals surface area (Å²) in [6.07, 6.45) is 1.58. The van der Waals surface area contributed by atoms with Crippen molar-refractivity contribution < 1.29 is 37.7 Å². The first-order valence-electron chi connectivity index (χ1n) is 13.5. The first-order chi connectivity index (χ1) is 19.9. The van der Waals surface area contributed by atoms with Crippen LogP contribution in [0.25, 0.3) is 0 Å². The number of nitrogens with one attached hydrogen (secondary N) is 1. The quantitative estimate of drug-likeness (QED) is 0.360. The molecule has 0 bridgehead atoms. The van der Waals surface area contributed by atoms with E-state index in [0.717, 1.165) is 24.2 Å². The van der Waals surface area contributed by atoms with Crippen LogP contribution in [0.15, 0.2) is 52.9 Å². The normalized spacial score (nSPS) is 15.4. The highest BCUT2D eigenvalue weighted by Gasteiger charge is 2.28. The molecule has 0 aliphatic carbocycles. The second-order valence-electron chi connectivity index (χ2n) is 10.00. The highest BCUT2D eigenvalue weighted by Crippen LogP contribution is 2.33. The number of fused-ring (bicyclic) bond motifs is 1. The summed E-state index contributed by atoms with van der Waals surface area (Å²) in [5, 5.41) is 2.89. The molecule has 2 aliphatic rings. The minimum Gasteiger partial charge on any atom is -0.497 e. The van der Waals surface area contributed by atoms with E-state index in [2.05, 4.69) is 5.32 Å². The number of carbonyl (C=O) groups is 2. The molecular formula is C30H35N3O8. The van der Waals surface area contributed by atoms with E-state index in [1.807, 2.05) is 37.3 Å². The third-order valence-corrected chi connectivity index (χ3v) is 6.97. The standard InChI is InChI=1S/C30H35N3O8/c1-20-6-8-24(41-20)17-32(15-21-7-9-27-28(11-21)40-19-39-27)29(34)18-33(16-23-5-4-10-38-23)30(35)31-22-12-25(36-2)14-26(13-22)37-3/h6-9,11-14,23H,4-5,10,15-19H2,1-3H3,(H,31,35). The van der Waals surface area contributed by atoms with Crippen LogP contribution < -0.4 is 24.3 Å². The number of amides is 3. The van der Waals surface area contributed by atoms with Crippen LogP contribution in [0.1, 0.15) is 29.9 Å². The predicted molar refractivity (Wildman–Crippen MR) is 149 cm³/mol. The lowest BCUT2D eigenvalue weighted by molar-refractivity contribution is -0.133. The number of urea groups is 1. The number of benzene rings is 2. The molecule has 5 rings (SSSR count). The lowest BCUT2D eigenvalue weighted by atomic mass is 10.1. The summed E-state index contributed by atoms with van der Waals surface area (Å²) in [5.74, 6) is 3.53. The average molecular weight is 566 g/mol. The maximum atomic E-state index is 13.9. The van der Waals surface area contributed by atoms with Gasteiger partial charge in [-0.25, -0.2) is 4.79 Å². The van der Waals surface area contributed by atoms with E-state index in [-0.39, 0.29) is 45.0 Å². The van der Waals surface area contributed by atoms with E-state index in [4.69, 9.17) is 28.1 Å². The van der Waals surface area contributed by atoms with Crippen LogP contribution in [-0.2, 0) is 22.6 Å². The smallest absolute Gasteiger partial charge is 0.322 e. The van der Waals surface area contributed by atoms with Crippen molar-refractivity contribution in [1.29, 1.82) is 0 Å². The first kappa shape index (κ1) is 28.2. The van der Waals surface area contributed by atoms with Crippen LogP contribution in [0.5, 0.6) is 23.0 Å². The minimum atomic E-state index is -0.430. The Balaban J connectivity index is 1.36. The maximum absolute atomic E-state index is 13.9. The number of hydrogen-bond acceptors (Lipinski definition) is 8. The van der Waals surface area contributed by atoms with Gasteiger partial charge in [-0.05, 0) is 49.6 Å². The number of methoxy groups -OCH3 is 2. The molecule has 1 N–H and O–H groups in total. The van der Waals surface area contributed by atoms with Gasteiger partial charge in [-0.1, -0.05) is 6.07 Å². The van der Waals surface area contributed by atoms with Crippen molar-refractivity contribution in [2.45, 2.75) is 39.0 Å². The fraction of sp³-hybridized carbons (Fsp3) is 0.400. The predicted octanol–water partition coefficient (Wildman–Crippen LogP) is 4.58. The van der Waals surface area contributed by atoms with Crippen molar-refractivity contribution in [2.24, 2.45) is 0 Å². The number of carbonyl (C=O) groups excluding carboxylic acids is 2. The number of aryl methyl sites for hydroxylation is 1. The van der Waals surface area contributed by atoms with Gasteiger partial charge in [0.2, 0.25) is 12.7 Å². The molecule has 0 spiro atoms. The molecule has 41 heavy (non-hydrogen) atoms. The largest absolute Gasteiger partial charge is 0.497 e. The first-order valence-corrected chi connectivity index (χ1v) is 13.5. The zero-order valence-electron chi connectivity index (χ0n) is 23.5. The third-order valence-electron chi connectivity index (χ3n) is 6.97. The van der Waals surface area contributed by atoms with Crippen molar-refractivity contribution in [1.82, 2.24) is 9.80 Å². The molecule has 0 radical (unpaired) electrons. The molecule has 3 heterocycles. The van der Waals surface area contributed by atoms with Crippen molar-refractivity contribution in [3.63, 3.8) is 0 Å². The van der Waals surface area contributed by atoms with E-state index in [1.165, 1.54) is 19.1 Å². The van der Waals surface area contributed by atoms with Gasteiger partial charge in [0.1, 0.15) is 29.6 Å². The zero-order chi connectivity index (χ0) is 28.8. The number of hydrogen-bond donors (Lipinski definition) is 1. The van der Waals surface area contributed by atoms with Crippen LogP contribution in [0.3, 0.4) is 0 Å². The van der Waals surface area contributed by atoms with Crippen molar-refractivity contribution >= 4 is 17.6 Å². The SMILES string of the molecule is COc1cc(NC(=O)N(CC(=O)N(Cc2ccc3c(c2)OCO3)Cc2ccc(C)o2)CC2CCCO2)cc(OC)c1. The molecule has 2 aromatic carbocycles. The monoisotopic (exact) mass is 565 g/mol. The van der Waals surface area contributed by atoms with E-state index in [0.29, 0.717) is 41.1 Å². The van der Waals surface area contributed by atoms with E-state index >= 15 is 0 Å². The van der Waals surface area contributed by atoms with Gasteiger partial charge in [-0.2, -0.15) is 0 Å². The Labute approximate surface area is 238 Å². The van der Waals surface area contributed by atoms with Crippen LogP contribution in [0.2, 0.25) is 0 Å². The molecule has 2 aliphatic heterocycles. The third kappa shape index (κ3) is 7.23. The number of ether oxygens (including phenoxy) is 5. The Morgan fingerprint density at radius 3 is 2.41 bits per heavy atom. The maximum Gasteiger partial charge on any atom is 0.322 e. The highest BCUT2D eigenvalue weighted by atomic mass is 16.7. The van der Waals surface area contributed by atoms with Crippen molar-refractivity contribution in [2.75, 3.05) is 46.0 Å². The minimum absolute atomic E-state index is 0.150. The molecule has 1 aromatic heterocycles. The molecule has 11 nitrogen and oxygen atoms in total. The van der Waals surface area contributed by atoms with Gasteiger partial charge >= 0.3 is 6.03 Å². The van der Waals surface area contributed by atoms with E-state index < -0.39 is 6.03 Å². The summed E-state index contributed by atoms with van der Waals surface area (Å²) in [5.41, 5.74) is 1.35. The van der Waals surface area contributed by atoms with Crippen LogP contribution in [-0.4, -0.2) is 68.6 Å². The summed E-state index contributed by atoms with van der Waals surface area (Å²) >= 11 is 0. The number of rotatable bonds is 11. The Kier molecular flexibility index (Phi) is 8.83. The molecule has 218 valence electrons. The Morgan fingerprint density at radius 2 is 1.73 bits per heavy atom. The second-order valence-corrected chi connectivity index (χ2v) is 10.00. The highest BCUT2D eigenvalue weighted by molar-refractivity contribution is 5.92. The Hall–Kier alpha value is -4.38. The molecule has 1 unspecified atom stereocenters. The van der Waals surface area contributed by atoms with E-state index in [9.17, 15) is 9.59 Å². The van der Waals surface area contributed by atoms with Gasteiger partial charge in [0.25, 0.3) is 0 Å². The lowest BCUT2D eigenvalue weighted by Gasteiger charge is -2.29. The van der Waals surface area contributed by atoms with E-state index in [1.54, 1.807) is 23.1 Å². The summed E-state index contributed by atoms with van der Waals surface area (Å²) in [6, 6.07) is 14.0.